The molecule has 4 aromatic rings. The van der Waals surface area contributed by atoms with E-state index in [0.29, 0.717) is 34.4 Å². The molecule has 0 fully saturated rings. The predicted octanol–water partition coefficient (Wildman–Crippen LogP) is 6.40. The van der Waals surface area contributed by atoms with Crippen LogP contribution in [0.5, 0.6) is 11.5 Å². The number of rotatable bonds is 10. The third kappa shape index (κ3) is 6.18. The van der Waals surface area contributed by atoms with Crippen molar-refractivity contribution >= 4 is 34.1 Å². The highest BCUT2D eigenvalue weighted by Gasteiger charge is 2.25. The summed E-state index contributed by atoms with van der Waals surface area (Å²) in [5, 5.41) is 14.5. The molecule has 200 valence electrons. The van der Waals surface area contributed by atoms with E-state index < -0.39 is 4.92 Å². The van der Waals surface area contributed by atoms with Crippen LogP contribution in [0, 0.1) is 10.1 Å². The molecule has 2 aromatic heterocycles. The number of non-ortho nitro benzene ring substituents is 1. The Morgan fingerprint density at radius 3 is 2.72 bits per heavy atom. The molecule has 2 aromatic carbocycles. The van der Waals surface area contributed by atoms with E-state index in [1.54, 1.807) is 55.2 Å². The van der Waals surface area contributed by atoms with Gasteiger partial charge in [-0.15, -0.1) is 11.3 Å². The minimum Gasteiger partial charge on any atom is -0.493 e. The minimum absolute atomic E-state index is 0.0322. The van der Waals surface area contributed by atoms with Crippen molar-refractivity contribution in [2.45, 2.75) is 38.8 Å². The molecule has 0 unspecified atom stereocenters. The van der Waals surface area contributed by atoms with Gasteiger partial charge in [-0.3, -0.25) is 14.9 Å². The number of amides is 1. The maximum Gasteiger partial charge on any atom is 0.269 e. The number of nitro benzene ring substituents is 1. The number of ether oxygens (including phenoxy) is 2. The van der Waals surface area contributed by atoms with Gasteiger partial charge >= 0.3 is 0 Å². The van der Waals surface area contributed by atoms with Crippen molar-refractivity contribution < 1.29 is 23.6 Å². The lowest BCUT2D eigenvalue weighted by atomic mass is 9.95. The first-order valence-corrected chi connectivity index (χ1v) is 13.4. The average Bonchev–Trinajstić information content (AvgIpc) is 3.62. The smallest absolute Gasteiger partial charge is 0.269 e. The number of aliphatic imine (C=N–C) groups is 1. The molecule has 5 rings (SSSR count). The van der Waals surface area contributed by atoms with Crippen LogP contribution >= 0.6 is 11.3 Å². The lowest BCUT2D eigenvalue weighted by Gasteiger charge is -2.12. The Labute approximate surface area is 229 Å². The Kier molecular flexibility index (Phi) is 8.02. The largest absolute Gasteiger partial charge is 0.493 e. The molecule has 0 aliphatic heterocycles. The summed E-state index contributed by atoms with van der Waals surface area (Å²) in [6.45, 7) is 0.553. The molecule has 1 aliphatic rings. The molecule has 10 heteroatoms. The van der Waals surface area contributed by atoms with E-state index in [9.17, 15) is 14.9 Å². The molecule has 2 heterocycles. The maximum atomic E-state index is 13.2. The van der Waals surface area contributed by atoms with Crippen molar-refractivity contribution in [2.24, 2.45) is 4.99 Å². The van der Waals surface area contributed by atoms with Crippen molar-refractivity contribution in [3.63, 3.8) is 0 Å². The third-order valence-corrected chi connectivity index (χ3v) is 7.64. The zero-order chi connectivity index (χ0) is 27.2. The number of nitrogens with one attached hydrogen (secondary N) is 1. The van der Waals surface area contributed by atoms with Crippen LogP contribution in [-0.4, -0.2) is 24.2 Å². The molecule has 1 amide bonds. The Bertz CT molecular complexity index is 1490. The molecular weight excluding hydrogens is 518 g/mol. The first-order chi connectivity index (χ1) is 19.0. The number of nitro groups is 1. The normalized spacial score (nSPS) is 12.7. The number of nitrogens with zero attached hydrogens (tertiary/aromatic N) is 2. The van der Waals surface area contributed by atoms with Crippen LogP contribution in [0.25, 0.3) is 0 Å². The highest BCUT2D eigenvalue weighted by molar-refractivity contribution is 7.16. The topological polar surface area (TPSA) is 116 Å². The maximum absolute atomic E-state index is 13.2. The van der Waals surface area contributed by atoms with Crippen LogP contribution in [0.3, 0.4) is 0 Å². The van der Waals surface area contributed by atoms with Crippen LogP contribution in [0.15, 0.2) is 70.3 Å². The summed E-state index contributed by atoms with van der Waals surface area (Å²) in [6, 6.07) is 15.3. The fourth-order valence-corrected chi connectivity index (χ4v) is 5.67. The van der Waals surface area contributed by atoms with Gasteiger partial charge in [-0.25, -0.2) is 4.99 Å². The van der Waals surface area contributed by atoms with E-state index in [2.05, 4.69) is 5.32 Å². The number of carbonyl (C=O) groups is 1. The number of aryl methyl sites for hydroxylation is 1. The van der Waals surface area contributed by atoms with Crippen LogP contribution in [0.1, 0.15) is 50.5 Å². The second-order valence-electron chi connectivity index (χ2n) is 9.03. The molecule has 1 aliphatic carbocycles. The Hall–Kier alpha value is -4.44. The first-order valence-electron chi connectivity index (χ1n) is 12.5. The Morgan fingerprint density at radius 2 is 1.97 bits per heavy atom. The number of fused-ring (bicyclic) bond motifs is 1. The van der Waals surface area contributed by atoms with Gasteiger partial charge in [0.2, 0.25) is 0 Å². The Balaban J connectivity index is 1.32. The fraction of sp³-hybridized carbons (Fsp3) is 0.241. The molecule has 0 saturated carbocycles. The summed E-state index contributed by atoms with van der Waals surface area (Å²) in [5.41, 5.74) is 3.37. The third-order valence-electron chi connectivity index (χ3n) is 6.44. The van der Waals surface area contributed by atoms with E-state index in [4.69, 9.17) is 18.9 Å². The van der Waals surface area contributed by atoms with Gasteiger partial charge in [0.15, 0.2) is 11.5 Å². The van der Waals surface area contributed by atoms with Gasteiger partial charge in [-0.2, -0.15) is 0 Å². The zero-order valence-corrected chi connectivity index (χ0v) is 22.2. The van der Waals surface area contributed by atoms with Gasteiger partial charge in [0, 0.05) is 23.2 Å². The van der Waals surface area contributed by atoms with Gasteiger partial charge in [0.25, 0.3) is 11.6 Å². The molecule has 0 saturated heterocycles. The lowest BCUT2D eigenvalue weighted by Crippen LogP contribution is -2.23. The van der Waals surface area contributed by atoms with Crippen molar-refractivity contribution in [1.29, 1.82) is 0 Å². The van der Waals surface area contributed by atoms with Crippen LogP contribution in [0.2, 0.25) is 0 Å². The van der Waals surface area contributed by atoms with E-state index >= 15 is 0 Å². The van der Waals surface area contributed by atoms with Gasteiger partial charge in [-0.1, -0.05) is 0 Å². The Morgan fingerprint density at radius 1 is 1.15 bits per heavy atom. The van der Waals surface area contributed by atoms with Gasteiger partial charge in [-0.05, 0) is 84.8 Å². The molecular formula is C29H27N3O6S. The quantitative estimate of drug-likeness (QED) is 0.140. The van der Waals surface area contributed by atoms with Crippen molar-refractivity contribution in [1.82, 2.24) is 5.32 Å². The summed E-state index contributed by atoms with van der Waals surface area (Å²) >= 11 is 1.57. The van der Waals surface area contributed by atoms with Crippen molar-refractivity contribution in [2.75, 3.05) is 7.11 Å². The molecule has 9 nitrogen and oxygen atoms in total. The summed E-state index contributed by atoms with van der Waals surface area (Å²) in [6.07, 6.45) is 7.32. The number of carbonyl (C=O) groups excluding carboxylic acids is 1. The molecule has 0 atom stereocenters. The van der Waals surface area contributed by atoms with E-state index in [-0.39, 0.29) is 18.2 Å². The molecule has 0 spiro atoms. The molecule has 1 N–H and O–H groups in total. The van der Waals surface area contributed by atoms with Crippen LogP contribution < -0.4 is 14.8 Å². The molecule has 0 radical (unpaired) electrons. The SMILES string of the molecule is COc1cc(C=Nc2sc3c(c2C(=O)NCc2ccco2)CCCC3)ccc1OCc1ccc([N+](=O)[O-])cc1. The molecule has 0 bridgehead atoms. The number of hydrogen-bond acceptors (Lipinski definition) is 8. The number of methoxy groups -OCH3 is 1. The summed E-state index contributed by atoms with van der Waals surface area (Å²) in [7, 11) is 1.56. The van der Waals surface area contributed by atoms with Gasteiger partial charge < -0.3 is 19.2 Å². The van der Waals surface area contributed by atoms with E-state index in [0.717, 1.165) is 42.4 Å². The monoisotopic (exact) mass is 545 g/mol. The van der Waals surface area contributed by atoms with Crippen molar-refractivity contribution in [3.05, 3.63) is 104 Å². The highest BCUT2D eigenvalue weighted by atomic mass is 32.1. The van der Waals surface area contributed by atoms with Gasteiger partial charge in [0.05, 0.1) is 30.4 Å². The number of thiophene rings is 1. The summed E-state index contributed by atoms with van der Waals surface area (Å²) < 4.78 is 16.8. The summed E-state index contributed by atoms with van der Waals surface area (Å²) in [4.78, 5) is 29.6. The predicted molar refractivity (Wildman–Crippen MR) is 149 cm³/mol. The highest BCUT2D eigenvalue weighted by Crippen LogP contribution is 2.40. The summed E-state index contributed by atoms with van der Waals surface area (Å²) in [5.74, 6) is 1.62. The second-order valence-corrected chi connectivity index (χ2v) is 10.1. The minimum atomic E-state index is -0.435. The van der Waals surface area contributed by atoms with Crippen LogP contribution in [0.4, 0.5) is 10.7 Å². The zero-order valence-electron chi connectivity index (χ0n) is 21.3. The standard InChI is InChI=1S/C29H27N3O6S/c1-36-25-15-20(10-13-24(25)38-18-19-8-11-21(12-9-19)32(34)35)16-31-29-27(23-6-2-3-7-26(23)39-29)28(33)30-17-22-5-4-14-37-22/h4-5,8-16H,2-3,6-7,17-18H2,1H3,(H,30,33). The fourth-order valence-electron chi connectivity index (χ4n) is 4.44. The van der Waals surface area contributed by atoms with Crippen molar-refractivity contribution in [3.8, 4) is 11.5 Å². The van der Waals surface area contributed by atoms with Crippen LogP contribution in [-0.2, 0) is 26.0 Å². The number of benzene rings is 2. The van der Waals surface area contributed by atoms with E-state index in [1.165, 1.54) is 17.0 Å². The number of hydrogen-bond donors (Lipinski definition) is 1. The second kappa shape index (κ2) is 12.0. The average molecular weight is 546 g/mol. The first kappa shape index (κ1) is 26.2. The number of furan rings is 1. The molecule has 39 heavy (non-hydrogen) atoms. The van der Waals surface area contributed by atoms with E-state index in [1.807, 2.05) is 18.2 Å². The lowest BCUT2D eigenvalue weighted by molar-refractivity contribution is -0.384. The van der Waals surface area contributed by atoms with Gasteiger partial charge in [0.1, 0.15) is 17.4 Å².